The van der Waals surface area contributed by atoms with Crippen LogP contribution in [0.25, 0.3) is 5.57 Å². The number of anilines is 2. The summed E-state index contributed by atoms with van der Waals surface area (Å²) in [4.78, 5) is 25.2. The van der Waals surface area contributed by atoms with Crippen molar-refractivity contribution in [3.05, 3.63) is 130 Å². The van der Waals surface area contributed by atoms with E-state index in [1.807, 2.05) is 23.9 Å². The number of nitrogens with zero attached hydrogens (tertiary/aromatic N) is 4. The normalized spacial score (nSPS) is 23.7. The van der Waals surface area contributed by atoms with Crippen molar-refractivity contribution in [2.75, 3.05) is 94.6 Å². The lowest BCUT2D eigenvalue weighted by Gasteiger charge is -2.43. The Kier molecular flexibility index (Phi) is 15.0. The minimum Gasteiger partial charge on any atom is -0.381 e. The van der Waals surface area contributed by atoms with Crippen molar-refractivity contribution in [2.24, 2.45) is 11.3 Å². The van der Waals surface area contributed by atoms with E-state index in [4.69, 9.17) is 16.3 Å². The molecule has 1 saturated carbocycles. The van der Waals surface area contributed by atoms with E-state index in [2.05, 4.69) is 129 Å². The number of carbonyl (C=O) groups is 1. The second kappa shape index (κ2) is 21.2. The number of aryl methyl sites for hydroxylation is 1. The van der Waals surface area contributed by atoms with Crippen LogP contribution in [0.3, 0.4) is 0 Å². The fourth-order valence-corrected chi connectivity index (χ4v) is 12.3. The van der Waals surface area contributed by atoms with Gasteiger partial charge in [0.1, 0.15) is 0 Å². The fraction of sp³-hybridized carbons (Fsp3) is 0.500. The quantitative estimate of drug-likeness (QED) is 0.102. The Morgan fingerprint density at radius 2 is 1.69 bits per heavy atom. The van der Waals surface area contributed by atoms with E-state index < -0.39 is 0 Å². The second-order valence-corrected chi connectivity index (χ2v) is 21.2. The molecule has 340 valence electrons. The third-order valence-electron chi connectivity index (χ3n) is 14.8. The lowest BCUT2D eigenvalue weighted by Crippen LogP contribution is -2.48. The number of fused-ring (bicyclic) bond motifs is 2. The second-order valence-electron chi connectivity index (χ2n) is 19.7. The molecule has 1 unspecified atom stereocenters. The van der Waals surface area contributed by atoms with Gasteiger partial charge < -0.3 is 20.3 Å². The van der Waals surface area contributed by atoms with Gasteiger partial charge in [0, 0.05) is 117 Å². The van der Waals surface area contributed by atoms with E-state index >= 15 is 0 Å². The molecule has 3 aliphatic heterocycles. The Bertz CT molecular complexity index is 2190. The molecular weight excluding hydrogens is 832 g/mol. The molecule has 8 nitrogen and oxygen atoms in total. The molecular formula is C54H69ClN6O2S. The number of halogens is 1. The molecule has 0 aromatic heterocycles. The van der Waals surface area contributed by atoms with Gasteiger partial charge in [-0.05, 0) is 140 Å². The molecule has 2 aliphatic carbocycles. The number of likely N-dealkylation sites (tertiary alicyclic amines) is 1. The third-order valence-corrected chi connectivity index (χ3v) is 16.2. The number of morpholine rings is 1. The van der Waals surface area contributed by atoms with Crippen molar-refractivity contribution in [2.45, 2.75) is 82.3 Å². The molecule has 0 spiro atoms. The van der Waals surface area contributed by atoms with Crippen LogP contribution in [-0.2, 0) is 11.3 Å². The number of rotatable bonds is 17. The zero-order valence-electron chi connectivity index (χ0n) is 38.2. The van der Waals surface area contributed by atoms with Crippen LogP contribution in [0.1, 0.15) is 78.9 Å². The standard InChI is InChI=1S/C54H69ClN6O2S/c1-40-32-41(9-19-52(40)57-47(21-23-58-28-30-63-31-29-58)38-64-50-6-4-3-5-7-50)35-56-53(62)44-12-17-48(18-13-44)60-26-24-59(25-27-60)37-45-34-54(2,39-61-36-42-8-16-49(61)33-42)22-20-51(45)43-10-14-46(55)15-11-43/h3-7,9-15,17-19,32,42,47,49,57H,8,16,20-31,33-39H2,1-2H3,(H,56,62)/t42-,47-,49+,54?/m1/s1. The maximum absolute atomic E-state index is 13.4. The van der Waals surface area contributed by atoms with Crippen molar-refractivity contribution in [1.82, 2.24) is 20.0 Å². The highest BCUT2D eigenvalue weighted by molar-refractivity contribution is 7.99. The van der Waals surface area contributed by atoms with Gasteiger partial charge in [-0.25, -0.2) is 0 Å². The summed E-state index contributed by atoms with van der Waals surface area (Å²) in [5.74, 6) is 1.89. The molecule has 1 amide bonds. The minimum absolute atomic E-state index is 0.0428. The number of amides is 1. The van der Waals surface area contributed by atoms with Crippen molar-refractivity contribution < 1.29 is 9.53 Å². The van der Waals surface area contributed by atoms with Crippen LogP contribution in [0, 0.1) is 18.3 Å². The number of carbonyl (C=O) groups excluding carboxylic acids is 1. The zero-order valence-corrected chi connectivity index (χ0v) is 39.8. The van der Waals surface area contributed by atoms with Crippen LogP contribution in [0.2, 0.25) is 5.02 Å². The van der Waals surface area contributed by atoms with Gasteiger partial charge in [0.15, 0.2) is 0 Å². The van der Waals surface area contributed by atoms with Crippen molar-refractivity contribution in [3.63, 3.8) is 0 Å². The molecule has 4 atom stereocenters. The summed E-state index contributed by atoms with van der Waals surface area (Å²) in [6.45, 7) is 17.5. The zero-order chi connectivity index (χ0) is 43.9. The summed E-state index contributed by atoms with van der Waals surface area (Å²) in [6.07, 6.45) is 8.91. The first-order chi connectivity index (χ1) is 31.2. The fourth-order valence-electron chi connectivity index (χ4n) is 11.1. The molecule has 2 N–H and O–H groups in total. The highest BCUT2D eigenvalue weighted by Gasteiger charge is 2.42. The van der Waals surface area contributed by atoms with Gasteiger partial charge >= 0.3 is 0 Å². The molecule has 3 saturated heterocycles. The van der Waals surface area contributed by atoms with Crippen LogP contribution in [0.4, 0.5) is 11.4 Å². The Labute approximate surface area is 392 Å². The summed E-state index contributed by atoms with van der Waals surface area (Å²) in [5, 5.41) is 7.86. The topological polar surface area (TPSA) is 63.3 Å². The third kappa shape index (κ3) is 11.8. The molecule has 5 aliphatic rings. The molecule has 2 bridgehead atoms. The number of nitrogens with one attached hydrogen (secondary N) is 2. The summed E-state index contributed by atoms with van der Waals surface area (Å²) in [6, 6.07) is 35.1. The van der Waals surface area contributed by atoms with E-state index in [1.165, 1.54) is 66.9 Å². The number of allylic oxidation sites excluding steroid dienone is 1. The Hall–Kier alpha value is -3.83. The first kappa shape index (κ1) is 45.3. The van der Waals surface area contributed by atoms with E-state index in [0.717, 1.165) is 112 Å². The van der Waals surface area contributed by atoms with Crippen LogP contribution < -0.4 is 15.5 Å². The van der Waals surface area contributed by atoms with Crippen molar-refractivity contribution >= 4 is 46.2 Å². The number of hydrogen-bond donors (Lipinski definition) is 2. The molecule has 0 radical (unpaired) electrons. The van der Waals surface area contributed by atoms with E-state index in [9.17, 15) is 4.79 Å². The van der Waals surface area contributed by atoms with Crippen LogP contribution >= 0.6 is 23.4 Å². The highest BCUT2D eigenvalue weighted by atomic mass is 35.5. The Morgan fingerprint density at radius 1 is 0.906 bits per heavy atom. The van der Waals surface area contributed by atoms with Gasteiger partial charge in [0.25, 0.3) is 5.91 Å². The van der Waals surface area contributed by atoms with Gasteiger partial charge in [-0.2, -0.15) is 0 Å². The lowest BCUT2D eigenvalue weighted by atomic mass is 9.71. The number of thioether (sulfide) groups is 1. The summed E-state index contributed by atoms with van der Waals surface area (Å²) < 4.78 is 5.58. The number of piperazine rings is 1. The Morgan fingerprint density at radius 3 is 2.41 bits per heavy atom. The maximum Gasteiger partial charge on any atom is 0.251 e. The van der Waals surface area contributed by atoms with Gasteiger partial charge in [-0.15, -0.1) is 11.8 Å². The van der Waals surface area contributed by atoms with Crippen LogP contribution in [0.15, 0.2) is 108 Å². The molecule has 9 rings (SSSR count). The molecule has 64 heavy (non-hydrogen) atoms. The summed E-state index contributed by atoms with van der Waals surface area (Å²) in [7, 11) is 0. The largest absolute Gasteiger partial charge is 0.381 e. The van der Waals surface area contributed by atoms with Crippen LogP contribution in [-0.4, -0.2) is 117 Å². The predicted octanol–water partition coefficient (Wildman–Crippen LogP) is 10.1. The van der Waals surface area contributed by atoms with Crippen molar-refractivity contribution in [3.8, 4) is 0 Å². The van der Waals surface area contributed by atoms with E-state index in [0.29, 0.717) is 23.6 Å². The average Bonchev–Trinajstić information content (AvgIpc) is 3.95. The molecule has 4 fully saturated rings. The monoisotopic (exact) mass is 900 g/mol. The Balaban J connectivity index is 0.762. The molecule has 3 heterocycles. The molecule has 4 aromatic rings. The molecule has 10 heteroatoms. The predicted molar refractivity (Wildman–Crippen MR) is 267 cm³/mol. The van der Waals surface area contributed by atoms with Gasteiger partial charge in [0.2, 0.25) is 0 Å². The van der Waals surface area contributed by atoms with Gasteiger partial charge in [-0.3, -0.25) is 19.5 Å². The highest BCUT2D eigenvalue weighted by Crippen LogP contribution is 2.46. The summed E-state index contributed by atoms with van der Waals surface area (Å²) >= 11 is 8.25. The number of benzene rings is 4. The van der Waals surface area contributed by atoms with E-state index in [1.54, 1.807) is 11.1 Å². The SMILES string of the molecule is Cc1cc(CNC(=O)c2ccc(N3CCN(CC4=C(c5ccc(Cl)cc5)CCC(C)(CN5C[C@@H]6CC[C@H]5C6)C4)CC3)cc2)ccc1N[C@H](CCN1CCOCC1)CSc1ccccc1. The van der Waals surface area contributed by atoms with Gasteiger partial charge in [0.05, 0.1) is 13.2 Å². The van der Waals surface area contributed by atoms with E-state index in [-0.39, 0.29) is 5.91 Å². The van der Waals surface area contributed by atoms with Crippen LogP contribution in [0.5, 0.6) is 0 Å². The smallest absolute Gasteiger partial charge is 0.251 e. The number of piperidine rings is 1. The lowest BCUT2D eigenvalue weighted by molar-refractivity contribution is 0.0370. The first-order valence-corrected chi connectivity index (χ1v) is 25.5. The number of hydrogen-bond acceptors (Lipinski definition) is 8. The average molecular weight is 902 g/mol. The maximum atomic E-state index is 13.4. The minimum atomic E-state index is -0.0428. The summed E-state index contributed by atoms with van der Waals surface area (Å²) in [5.41, 5.74) is 10.2. The molecule has 4 aromatic carbocycles. The first-order valence-electron chi connectivity index (χ1n) is 24.1. The van der Waals surface area contributed by atoms with Crippen molar-refractivity contribution in [1.29, 1.82) is 0 Å². The van der Waals surface area contributed by atoms with Gasteiger partial charge in [-0.1, -0.05) is 66.6 Å². The number of ether oxygens (including phenoxy) is 1.